The van der Waals surface area contributed by atoms with Gasteiger partial charge in [-0.2, -0.15) is 0 Å². The Morgan fingerprint density at radius 3 is 2.48 bits per heavy atom. The van der Waals surface area contributed by atoms with Crippen molar-refractivity contribution in [3.05, 3.63) is 52.9 Å². The molecule has 0 fully saturated rings. The number of fused-ring (bicyclic) bond motifs is 1. The predicted molar refractivity (Wildman–Crippen MR) is 96.8 cm³/mol. The molecule has 5 nitrogen and oxygen atoms in total. The van der Waals surface area contributed by atoms with Gasteiger partial charge in [0, 0.05) is 23.1 Å². The monoisotopic (exact) mass is 344 g/mol. The standard InChI is InChI=1S/C20H24O5/c1-15(2)20(22)24-13-7-5-3-4-6-12-23-17-10-8-16-9-11-19(21)25-18(16)14-17/h8-11,14H,1,3-7,12-13H2,2H3. The van der Waals surface area contributed by atoms with Crippen LogP contribution in [0.5, 0.6) is 5.75 Å². The Hall–Kier alpha value is -2.56. The van der Waals surface area contributed by atoms with Gasteiger partial charge >= 0.3 is 11.6 Å². The van der Waals surface area contributed by atoms with E-state index in [4.69, 9.17) is 13.9 Å². The van der Waals surface area contributed by atoms with Crippen molar-refractivity contribution in [1.82, 2.24) is 0 Å². The summed E-state index contributed by atoms with van der Waals surface area (Å²) < 4.78 is 15.9. The van der Waals surface area contributed by atoms with Crippen LogP contribution in [0.2, 0.25) is 0 Å². The highest BCUT2D eigenvalue weighted by Gasteiger charge is 2.02. The number of hydrogen-bond acceptors (Lipinski definition) is 5. The number of benzene rings is 1. The van der Waals surface area contributed by atoms with E-state index in [0.717, 1.165) is 37.5 Å². The topological polar surface area (TPSA) is 65.7 Å². The van der Waals surface area contributed by atoms with E-state index in [1.54, 1.807) is 19.1 Å². The van der Waals surface area contributed by atoms with Gasteiger partial charge in [0.2, 0.25) is 0 Å². The Labute approximate surface area is 147 Å². The van der Waals surface area contributed by atoms with Gasteiger partial charge in [-0.3, -0.25) is 0 Å². The van der Waals surface area contributed by atoms with E-state index in [1.165, 1.54) is 6.07 Å². The molecule has 25 heavy (non-hydrogen) atoms. The molecule has 134 valence electrons. The first-order valence-electron chi connectivity index (χ1n) is 8.55. The molecule has 0 radical (unpaired) electrons. The van der Waals surface area contributed by atoms with Gasteiger partial charge < -0.3 is 13.9 Å². The number of carbonyl (C=O) groups excluding carboxylic acids is 1. The third kappa shape index (κ3) is 6.45. The van der Waals surface area contributed by atoms with Crippen molar-refractivity contribution in [3.8, 4) is 5.75 Å². The second-order valence-corrected chi connectivity index (χ2v) is 5.99. The minimum absolute atomic E-state index is 0.320. The Kier molecular flexibility index (Phi) is 7.26. The zero-order chi connectivity index (χ0) is 18.1. The van der Waals surface area contributed by atoms with Crippen LogP contribution in [-0.2, 0) is 9.53 Å². The van der Waals surface area contributed by atoms with Gasteiger partial charge in [-0.1, -0.05) is 25.8 Å². The molecule has 2 rings (SSSR count). The van der Waals surface area contributed by atoms with Gasteiger partial charge in [-0.05, 0) is 38.0 Å². The predicted octanol–water partition coefficient (Wildman–Crippen LogP) is 4.24. The van der Waals surface area contributed by atoms with E-state index in [-0.39, 0.29) is 11.6 Å². The maximum atomic E-state index is 11.2. The summed E-state index contributed by atoms with van der Waals surface area (Å²) in [6, 6.07) is 8.63. The quantitative estimate of drug-likeness (QED) is 0.279. The number of ether oxygens (including phenoxy) is 2. The average Bonchev–Trinajstić information content (AvgIpc) is 2.59. The maximum absolute atomic E-state index is 11.2. The van der Waals surface area contributed by atoms with Crippen LogP contribution in [0.15, 0.2) is 51.7 Å². The van der Waals surface area contributed by atoms with Crippen LogP contribution < -0.4 is 10.4 Å². The normalized spacial score (nSPS) is 10.6. The molecule has 1 aromatic carbocycles. The zero-order valence-corrected chi connectivity index (χ0v) is 14.6. The Morgan fingerprint density at radius 1 is 1.04 bits per heavy atom. The van der Waals surface area contributed by atoms with Crippen molar-refractivity contribution in [1.29, 1.82) is 0 Å². The van der Waals surface area contributed by atoms with Crippen LogP contribution in [0.4, 0.5) is 0 Å². The van der Waals surface area contributed by atoms with Crippen molar-refractivity contribution in [2.75, 3.05) is 13.2 Å². The van der Waals surface area contributed by atoms with Crippen LogP contribution in [-0.4, -0.2) is 19.2 Å². The molecule has 2 aromatic rings. The molecule has 0 aliphatic rings. The molecular formula is C20H24O5. The summed E-state index contributed by atoms with van der Waals surface area (Å²) in [5.74, 6) is 0.383. The number of unbranched alkanes of at least 4 members (excludes halogenated alkanes) is 4. The Balaban J connectivity index is 1.58. The molecule has 0 bridgehead atoms. The Bertz CT molecular complexity index is 775. The number of esters is 1. The molecule has 5 heteroatoms. The number of rotatable bonds is 10. The maximum Gasteiger partial charge on any atom is 0.336 e. The highest BCUT2D eigenvalue weighted by Crippen LogP contribution is 2.19. The van der Waals surface area contributed by atoms with Gasteiger partial charge in [0.15, 0.2) is 0 Å². The number of carbonyl (C=O) groups is 1. The summed E-state index contributed by atoms with van der Waals surface area (Å²) in [7, 11) is 0. The van der Waals surface area contributed by atoms with Crippen molar-refractivity contribution in [2.45, 2.75) is 39.0 Å². The summed E-state index contributed by atoms with van der Waals surface area (Å²) in [5, 5.41) is 0.874. The minimum atomic E-state index is -0.362. The molecule has 0 amide bonds. The fourth-order valence-electron chi connectivity index (χ4n) is 2.34. The van der Waals surface area contributed by atoms with Gasteiger partial charge in [0.05, 0.1) is 13.2 Å². The second-order valence-electron chi connectivity index (χ2n) is 5.99. The molecule has 0 unspecified atom stereocenters. The lowest BCUT2D eigenvalue weighted by Gasteiger charge is -2.07. The van der Waals surface area contributed by atoms with E-state index in [9.17, 15) is 9.59 Å². The SMILES string of the molecule is C=C(C)C(=O)OCCCCCCCOc1ccc2ccc(=O)oc2c1. The first-order chi connectivity index (χ1) is 12.1. The fraction of sp³-hybridized carbons (Fsp3) is 0.400. The van der Waals surface area contributed by atoms with Crippen molar-refractivity contribution in [3.63, 3.8) is 0 Å². The Morgan fingerprint density at radius 2 is 1.72 bits per heavy atom. The number of hydrogen-bond donors (Lipinski definition) is 0. The third-order valence-electron chi connectivity index (χ3n) is 3.73. The van der Waals surface area contributed by atoms with Crippen molar-refractivity contribution in [2.24, 2.45) is 0 Å². The fourth-order valence-corrected chi connectivity index (χ4v) is 2.34. The molecular weight excluding hydrogens is 320 g/mol. The molecule has 0 atom stereocenters. The molecule has 1 aromatic heterocycles. The van der Waals surface area contributed by atoms with Gasteiger partial charge in [-0.25, -0.2) is 9.59 Å². The van der Waals surface area contributed by atoms with E-state index in [0.29, 0.717) is 30.1 Å². The molecule has 1 heterocycles. The minimum Gasteiger partial charge on any atom is -0.493 e. The highest BCUT2D eigenvalue weighted by atomic mass is 16.5. The third-order valence-corrected chi connectivity index (χ3v) is 3.73. The summed E-state index contributed by atoms with van der Waals surface area (Å²) in [5.41, 5.74) is 0.609. The lowest BCUT2D eigenvalue weighted by atomic mass is 10.1. The van der Waals surface area contributed by atoms with E-state index in [2.05, 4.69) is 6.58 Å². The van der Waals surface area contributed by atoms with Crippen LogP contribution in [0.3, 0.4) is 0 Å². The highest BCUT2D eigenvalue weighted by molar-refractivity contribution is 5.86. The van der Waals surface area contributed by atoms with Crippen LogP contribution in [0.1, 0.15) is 39.0 Å². The van der Waals surface area contributed by atoms with Crippen molar-refractivity contribution < 1.29 is 18.7 Å². The van der Waals surface area contributed by atoms with Gasteiger partial charge in [0.25, 0.3) is 0 Å². The van der Waals surface area contributed by atoms with E-state index >= 15 is 0 Å². The lowest BCUT2D eigenvalue weighted by Crippen LogP contribution is -2.06. The van der Waals surface area contributed by atoms with Crippen LogP contribution in [0.25, 0.3) is 11.0 Å². The molecule has 0 N–H and O–H groups in total. The first-order valence-corrected chi connectivity index (χ1v) is 8.55. The summed E-state index contributed by atoms with van der Waals surface area (Å²) in [6.45, 7) is 6.25. The summed E-state index contributed by atoms with van der Waals surface area (Å²) in [6.07, 6.45) is 4.95. The molecule has 0 saturated heterocycles. The first kappa shape index (κ1) is 18.8. The molecule has 0 aliphatic heterocycles. The average molecular weight is 344 g/mol. The van der Waals surface area contributed by atoms with E-state index < -0.39 is 0 Å². The summed E-state index contributed by atoms with van der Waals surface area (Å²) >= 11 is 0. The second kappa shape index (κ2) is 9.67. The molecule has 0 aliphatic carbocycles. The molecule has 0 saturated carbocycles. The summed E-state index contributed by atoms with van der Waals surface area (Å²) in [4.78, 5) is 22.4. The lowest BCUT2D eigenvalue weighted by molar-refractivity contribution is -0.139. The zero-order valence-electron chi connectivity index (χ0n) is 14.6. The van der Waals surface area contributed by atoms with Gasteiger partial charge in [0.1, 0.15) is 11.3 Å². The van der Waals surface area contributed by atoms with E-state index in [1.807, 2.05) is 12.1 Å². The molecule has 0 spiro atoms. The largest absolute Gasteiger partial charge is 0.493 e. The van der Waals surface area contributed by atoms with Gasteiger partial charge in [-0.15, -0.1) is 0 Å². The van der Waals surface area contributed by atoms with Crippen molar-refractivity contribution >= 4 is 16.9 Å². The van der Waals surface area contributed by atoms with Crippen LogP contribution >= 0.6 is 0 Å². The smallest absolute Gasteiger partial charge is 0.336 e. The van der Waals surface area contributed by atoms with Crippen LogP contribution in [0, 0.1) is 0 Å².